The quantitative estimate of drug-likeness (QED) is 0.749. The summed E-state index contributed by atoms with van der Waals surface area (Å²) >= 11 is 0. The molecule has 0 saturated carbocycles. The van der Waals surface area contributed by atoms with Gasteiger partial charge in [0.2, 0.25) is 0 Å². The topological polar surface area (TPSA) is 75.2 Å². The first-order valence-electron chi connectivity index (χ1n) is 6.72. The van der Waals surface area contributed by atoms with Gasteiger partial charge in [-0.25, -0.2) is 4.68 Å². The Morgan fingerprint density at radius 1 is 1.05 bits per heavy atom. The van der Waals surface area contributed by atoms with E-state index in [4.69, 9.17) is 15.2 Å². The van der Waals surface area contributed by atoms with Gasteiger partial charge in [0.25, 0.3) is 0 Å². The molecule has 0 aliphatic carbocycles. The van der Waals surface area contributed by atoms with Crippen LogP contribution >= 0.6 is 0 Å². The van der Waals surface area contributed by atoms with Gasteiger partial charge >= 0.3 is 0 Å². The number of rotatable bonds is 4. The minimum atomic E-state index is 0.675. The molecule has 112 valence electrons. The second-order valence-electron chi connectivity index (χ2n) is 4.71. The van der Waals surface area contributed by atoms with Crippen molar-refractivity contribution in [1.82, 2.24) is 15.0 Å². The highest BCUT2D eigenvalue weighted by molar-refractivity contribution is 5.68. The van der Waals surface area contributed by atoms with Crippen LogP contribution in [0.4, 0.5) is 5.69 Å². The highest BCUT2D eigenvalue weighted by atomic mass is 16.5. The number of aromatic nitrogens is 3. The molecule has 0 saturated heterocycles. The smallest absolute Gasteiger partial charge is 0.128 e. The molecule has 0 amide bonds. The Labute approximate surface area is 128 Å². The summed E-state index contributed by atoms with van der Waals surface area (Å²) in [7, 11) is 3.24. The summed E-state index contributed by atoms with van der Waals surface area (Å²) in [6.45, 7) is 0. The van der Waals surface area contributed by atoms with Crippen molar-refractivity contribution in [2.75, 3.05) is 20.0 Å². The molecule has 0 radical (unpaired) electrons. The standard InChI is InChI=1S/C16H16N4O2/c1-21-13-6-7-16(22-2)14(9-13)15-10-20(19-18-15)12-5-3-4-11(17)8-12/h3-10H,17H2,1-2H3. The van der Waals surface area contributed by atoms with E-state index in [0.29, 0.717) is 17.1 Å². The molecule has 3 rings (SSSR count). The molecule has 1 aromatic heterocycles. The molecule has 0 bridgehead atoms. The van der Waals surface area contributed by atoms with Crippen LogP contribution < -0.4 is 15.2 Å². The summed E-state index contributed by atoms with van der Waals surface area (Å²) < 4.78 is 12.3. The van der Waals surface area contributed by atoms with Crippen LogP contribution in [0.3, 0.4) is 0 Å². The van der Waals surface area contributed by atoms with Crippen LogP contribution in [0.2, 0.25) is 0 Å². The number of nitrogens with zero attached hydrogens (tertiary/aromatic N) is 3. The molecule has 6 heteroatoms. The predicted octanol–water partition coefficient (Wildman–Crippen LogP) is 2.53. The Kier molecular flexibility index (Phi) is 3.65. The molecule has 3 aromatic rings. The summed E-state index contributed by atoms with van der Waals surface area (Å²) in [6, 6.07) is 13.0. The zero-order chi connectivity index (χ0) is 15.5. The molecule has 0 atom stereocenters. The lowest BCUT2D eigenvalue weighted by Gasteiger charge is -2.07. The summed E-state index contributed by atoms with van der Waals surface area (Å²) in [5, 5.41) is 8.36. The van der Waals surface area contributed by atoms with Gasteiger partial charge < -0.3 is 15.2 Å². The monoisotopic (exact) mass is 296 g/mol. The average molecular weight is 296 g/mol. The molecule has 0 spiro atoms. The minimum Gasteiger partial charge on any atom is -0.497 e. The molecular formula is C16H16N4O2. The molecule has 1 heterocycles. The van der Waals surface area contributed by atoms with Gasteiger partial charge in [-0.1, -0.05) is 11.3 Å². The van der Waals surface area contributed by atoms with Gasteiger partial charge in [0.1, 0.15) is 17.2 Å². The summed E-state index contributed by atoms with van der Waals surface area (Å²) in [5.74, 6) is 1.44. The van der Waals surface area contributed by atoms with Crippen LogP contribution in [0.5, 0.6) is 11.5 Å². The predicted molar refractivity (Wildman–Crippen MR) is 84.3 cm³/mol. The van der Waals surface area contributed by atoms with Crippen molar-refractivity contribution in [2.45, 2.75) is 0 Å². The normalized spacial score (nSPS) is 10.5. The fraction of sp³-hybridized carbons (Fsp3) is 0.125. The average Bonchev–Trinajstić information content (AvgIpc) is 3.04. The van der Waals surface area contributed by atoms with Crippen LogP contribution in [-0.4, -0.2) is 29.2 Å². The number of nitrogens with two attached hydrogens (primary N) is 1. The van der Waals surface area contributed by atoms with Gasteiger partial charge in [0, 0.05) is 11.3 Å². The van der Waals surface area contributed by atoms with E-state index in [-0.39, 0.29) is 0 Å². The van der Waals surface area contributed by atoms with E-state index in [2.05, 4.69) is 10.3 Å². The fourth-order valence-corrected chi connectivity index (χ4v) is 2.19. The molecule has 22 heavy (non-hydrogen) atoms. The number of hydrogen-bond acceptors (Lipinski definition) is 5. The molecule has 0 fully saturated rings. The number of ether oxygens (including phenoxy) is 2. The lowest BCUT2D eigenvalue weighted by molar-refractivity contribution is 0.404. The highest BCUT2D eigenvalue weighted by Crippen LogP contribution is 2.32. The lowest BCUT2D eigenvalue weighted by Crippen LogP contribution is -1.95. The zero-order valence-corrected chi connectivity index (χ0v) is 12.4. The second kappa shape index (κ2) is 5.77. The molecule has 2 N–H and O–H groups in total. The van der Waals surface area contributed by atoms with Gasteiger partial charge in [-0.2, -0.15) is 0 Å². The fourth-order valence-electron chi connectivity index (χ4n) is 2.19. The van der Waals surface area contributed by atoms with Crippen molar-refractivity contribution in [3.63, 3.8) is 0 Å². The van der Waals surface area contributed by atoms with Crippen molar-refractivity contribution < 1.29 is 9.47 Å². The Morgan fingerprint density at radius 2 is 1.91 bits per heavy atom. The number of methoxy groups -OCH3 is 2. The highest BCUT2D eigenvalue weighted by Gasteiger charge is 2.12. The third-order valence-electron chi connectivity index (χ3n) is 3.31. The van der Waals surface area contributed by atoms with E-state index in [9.17, 15) is 0 Å². The van der Waals surface area contributed by atoms with Gasteiger partial charge in [-0.15, -0.1) is 5.10 Å². The lowest BCUT2D eigenvalue weighted by atomic mass is 10.1. The molecule has 0 unspecified atom stereocenters. The van der Waals surface area contributed by atoms with E-state index >= 15 is 0 Å². The number of nitrogen functional groups attached to an aromatic ring is 1. The van der Waals surface area contributed by atoms with E-state index in [1.54, 1.807) is 18.9 Å². The van der Waals surface area contributed by atoms with Crippen LogP contribution in [0.25, 0.3) is 16.9 Å². The number of hydrogen-bond donors (Lipinski definition) is 1. The van der Waals surface area contributed by atoms with Crippen molar-refractivity contribution in [2.24, 2.45) is 0 Å². The van der Waals surface area contributed by atoms with Crippen LogP contribution in [0.15, 0.2) is 48.7 Å². The number of anilines is 1. The molecule has 0 aliphatic heterocycles. The zero-order valence-electron chi connectivity index (χ0n) is 12.4. The largest absolute Gasteiger partial charge is 0.497 e. The third-order valence-corrected chi connectivity index (χ3v) is 3.31. The molecule has 6 nitrogen and oxygen atoms in total. The van der Waals surface area contributed by atoms with Crippen molar-refractivity contribution in [1.29, 1.82) is 0 Å². The Bertz CT molecular complexity index is 798. The van der Waals surface area contributed by atoms with Crippen molar-refractivity contribution >= 4 is 5.69 Å². The summed E-state index contributed by atoms with van der Waals surface area (Å²) in [5.41, 5.74) is 8.83. The van der Waals surface area contributed by atoms with Gasteiger partial charge in [0.15, 0.2) is 0 Å². The van der Waals surface area contributed by atoms with E-state index in [1.165, 1.54) is 0 Å². The van der Waals surface area contributed by atoms with Gasteiger partial charge in [-0.05, 0) is 36.4 Å². The third kappa shape index (κ3) is 2.58. The first kappa shape index (κ1) is 13.9. The first-order chi connectivity index (χ1) is 10.7. The van der Waals surface area contributed by atoms with E-state index in [0.717, 1.165) is 17.0 Å². The van der Waals surface area contributed by atoms with Crippen molar-refractivity contribution in [3.8, 4) is 28.4 Å². The number of benzene rings is 2. The van der Waals surface area contributed by atoms with Crippen molar-refractivity contribution in [3.05, 3.63) is 48.7 Å². The summed E-state index contributed by atoms with van der Waals surface area (Å²) in [6.07, 6.45) is 1.83. The maximum absolute atomic E-state index is 5.80. The molecule has 0 aliphatic rings. The van der Waals surface area contributed by atoms with Crippen LogP contribution in [0.1, 0.15) is 0 Å². The minimum absolute atomic E-state index is 0.675. The van der Waals surface area contributed by atoms with E-state index in [1.807, 2.05) is 48.7 Å². The molecule has 2 aromatic carbocycles. The van der Waals surface area contributed by atoms with E-state index < -0.39 is 0 Å². The second-order valence-corrected chi connectivity index (χ2v) is 4.71. The van der Waals surface area contributed by atoms with Crippen LogP contribution in [0, 0.1) is 0 Å². The van der Waals surface area contributed by atoms with Gasteiger partial charge in [0.05, 0.1) is 26.1 Å². The van der Waals surface area contributed by atoms with Crippen LogP contribution in [-0.2, 0) is 0 Å². The SMILES string of the molecule is COc1ccc(OC)c(-c2cn(-c3cccc(N)c3)nn2)c1. The summed E-state index contributed by atoms with van der Waals surface area (Å²) in [4.78, 5) is 0. The Balaban J connectivity index is 2.04. The van der Waals surface area contributed by atoms with Gasteiger partial charge in [-0.3, -0.25) is 0 Å². The Morgan fingerprint density at radius 3 is 2.64 bits per heavy atom. The molecular weight excluding hydrogens is 280 g/mol. The Hall–Kier alpha value is -3.02. The maximum Gasteiger partial charge on any atom is 0.128 e. The first-order valence-corrected chi connectivity index (χ1v) is 6.72. The maximum atomic E-state index is 5.80.